The van der Waals surface area contributed by atoms with E-state index in [1.54, 1.807) is 12.1 Å². The van der Waals surface area contributed by atoms with Gasteiger partial charge in [0.2, 0.25) is 0 Å². The van der Waals surface area contributed by atoms with Crippen LogP contribution >= 0.6 is 0 Å². The normalized spacial score (nSPS) is 15.2. The van der Waals surface area contributed by atoms with Crippen molar-refractivity contribution in [2.75, 3.05) is 0 Å². The van der Waals surface area contributed by atoms with Crippen LogP contribution in [0, 0.1) is 11.7 Å². The summed E-state index contributed by atoms with van der Waals surface area (Å²) in [6.07, 6.45) is 6.33. The molecule has 3 aromatic rings. The van der Waals surface area contributed by atoms with Gasteiger partial charge in [0, 0.05) is 25.0 Å². The van der Waals surface area contributed by atoms with Gasteiger partial charge in [0.1, 0.15) is 11.6 Å². The Labute approximate surface area is 147 Å². The zero-order valence-electron chi connectivity index (χ0n) is 14.1. The Kier molecular flexibility index (Phi) is 4.61. The Morgan fingerprint density at radius 1 is 1.08 bits per heavy atom. The maximum Gasteiger partial charge on any atom is 0.123 e. The molecule has 0 aliphatic heterocycles. The van der Waals surface area contributed by atoms with Crippen molar-refractivity contribution in [1.82, 2.24) is 14.9 Å². The van der Waals surface area contributed by atoms with Crippen molar-refractivity contribution in [3.8, 4) is 0 Å². The maximum absolute atomic E-state index is 13.2. The van der Waals surface area contributed by atoms with Crippen LogP contribution in [0.4, 0.5) is 4.39 Å². The molecular formula is C21H22FN3. The second-order valence-electron chi connectivity index (χ2n) is 6.70. The van der Waals surface area contributed by atoms with Crippen molar-refractivity contribution in [3.05, 3.63) is 89.8 Å². The minimum atomic E-state index is -0.184. The molecule has 1 heterocycles. The molecule has 4 heteroatoms. The first-order valence-corrected chi connectivity index (χ1v) is 8.82. The minimum Gasteiger partial charge on any atom is -0.329 e. The first-order chi connectivity index (χ1) is 12.3. The molecule has 128 valence electrons. The van der Waals surface area contributed by atoms with Crippen LogP contribution in [0.1, 0.15) is 35.8 Å². The molecule has 1 fully saturated rings. The largest absolute Gasteiger partial charge is 0.329 e. The van der Waals surface area contributed by atoms with Crippen molar-refractivity contribution in [2.45, 2.75) is 32.0 Å². The molecule has 0 saturated heterocycles. The lowest BCUT2D eigenvalue weighted by atomic mass is 10.0. The van der Waals surface area contributed by atoms with Gasteiger partial charge < -0.3 is 9.88 Å². The van der Waals surface area contributed by atoms with Crippen LogP contribution in [-0.4, -0.2) is 9.55 Å². The van der Waals surface area contributed by atoms with E-state index in [1.807, 2.05) is 30.6 Å². The maximum atomic E-state index is 13.2. The third kappa shape index (κ3) is 3.97. The summed E-state index contributed by atoms with van der Waals surface area (Å²) in [5.41, 5.74) is 2.42. The number of hydrogen-bond donors (Lipinski definition) is 1. The fraction of sp³-hybridized carbons (Fsp3) is 0.286. The summed E-state index contributed by atoms with van der Waals surface area (Å²) in [7, 11) is 0. The molecule has 0 bridgehead atoms. The molecule has 1 aromatic heterocycles. The number of hydrogen-bond acceptors (Lipinski definition) is 2. The number of rotatable bonds is 7. The van der Waals surface area contributed by atoms with Crippen molar-refractivity contribution in [2.24, 2.45) is 5.92 Å². The average Bonchev–Trinajstić information content (AvgIpc) is 3.38. The number of aromatic nitrogens is 2. The van der Waals surface area contributed by atoms with E-state index in [1.165, 1.54) is 18.4 Å². The van der Waals surface area contributed by atoms with E-state index >= 15 is 0 Å². The smallest absolute Gasteiger partial charge is 0.123 e. The van der Waals surface area contributed by atoms with Gasteiger partial charge >= 0.3 is 0 Å². The van der Waals surface area contributed by atoms with Gasteiger partial charge in [-0.05, 0) is 42.0 Å². The zero-order chi connectivity index (χ0) is 17.1. The Morgan fingerprint density at radius 2 is 1.84 bits per heavy atom. The van der Waals surface area contributed by atoms with E-state index in [-0.39, 0.29) is 11.9 Å². The van der Waals surface area contributed by atoms with Crippen molar-refractivity contribution < 1.29 is 4.39 Å². The third-order valence-electron chi connectivity index (χ3n) is 4.80. The van der Waals surface area contributed by atoms with Gasteiger partial charge in [0.25, 0.3) is 0 Å². The molecule has 0 radical (unpaired) electrons. The molecule has 1 aliphatic carbocycles. The molecule has 2 aromatic carbocycles. The first-order valence-electron chi connectivity index (χ1n) is 8.82. The molecular weight excluding hydrogens is 313 g/mol. The van der Waals surface area contributed by atoms with E-state index in [9.17, 15) is 4.39 Å². The summed E-state index contributed by atoms with van der Waals surface area (Å²) in [4.78, 5) is 4.51. The lowest BCUT2D eigenvalue weighted by Gasteiger charge is -2.19. The summed E-state index contributed by atoms with van der Waals surface area (Å²) in [5.74, 6) is 1.48. The van der Waals surface area contributed by atoms with Gasteiger partial charge in [-0.25, -0.2) is 9.37 Å². The van der Waals surface area contributed by atoms with Crippen LogP contribution in [0.3, 0.4) is 0 Å². The second-order valence-corrected chi connectivity index (χ2v) is 6.70. The van der Waals surface area contributed by atoms with E-state index < -0.39 is 0 Å². The minimum absolute atomic E-state index is 0.184. The van der Waals surface area contributed by atoms with Crippen LogP contribution in [0.5, 0.6) is 0 Å². The Morgan fingerprint density at radius 3 is 2.56 bits per heavy atom. The molecule has 1 N–H and O–H groups in total. The first kappa shape index (κ1) is 16.0. The summed E-state index contributed by atoms with van der Waals surface area (Å²) < 4.78 is 15.4. The summed E-state index contributed by atoms with van der Waals surface area (Å²) >= 11 is 0. The zero-order valence-corrected chi connectivity index (χ0v) is 14.1. The van der Waals surface area contributed by atoms with Crippen molar-refractivity contribution in [3.63, 3.8) is 0 Å². The van der Waals surface area contributed by atoms with E-state index in [0.29, 0.717) is 12.5 Å². The van der Waals surface area contributed by atoms with Gasteiger partial charge in [0.15, 0.2) is 0 Å². The van der Waals surface area contributed by atoms with Crippen LogP contribution in [0.2, 0.25) is 0 Å². The summed E-state index contributed by atoms with van der Waals surface area (Å²) in [6.45, 7) is 1.53. The topological polar surface area (TPSA) is 29.9 Å². The predicted molar refractivity (Wildman–Crippen MR) is 96.5 cm³/mol. The van der Waals surface area contributed by atoms with Crippen LogP contribution in [-0.2, 0) is 13.1 Å². The fourth-order valence-electron chi connectivity index (χ4n) is 3.29. The second kappa shape index (κ2) is 7.19. The highest BCUT2D eigenvalue weighted by Gasteiger charge is 2.32. The lowest BCUT2D eigenvalue weighted by molar-refractivity contribution is 0.464. The standard InChI is InChI=1S/C21H22FN3/c22-19-10-8-18(9-11-19)21(17-6-7-17)24-14-20-23-12-13-25(20)15-16-4-2-1-3-5-16/h1-5,8-13,17,21,24H,6-7,14-15H2. The van der Waals surface area contributed by atoms with Crippen LogP contribution < -0.4 is 5.32 Å². The van der Waals surface area contributed by atoms with E-state index in [4.69, 9.17) is 0 Å². The lowest BCUT2D eigenvalue weighted by Crippen LogP contribution is -2.24. The summed E-state index contributed by atoms with van der Waals surface area (Å²) in [5, 5.41) is 3.64. The van der Waals surface area contributed by atoms with E-state index in [2.05, 4.69) is 39.1 Å². The monoisotopic (exact) mass is 335 g/mol. The Hall–Kier alpha value is -2.46. The third-order valence-corrected chi connectivity index (χ3v) is 4.80. The van der Waals surface area contributed by atoms with Crippen molar-refractivity contribution in [1.29, 1.82) is 0 Å². The average molecular weight is 335 g/mol. The van der Waals surface area contributed by atoms with Gasteiger partial charge in [0.05, 0.1) is 6.54 Å². The molecule has 1 aliphatic rings. The van der Waals surface area contributed by atoms with Crippen LogP contribution in [0.25, 0.3) is 0 Å². The van der Waals surface area contributed by atoms with Crippen LogP contribution in [0.15, 0.2) is 67.0 Å². The molecule has 1 saturated carbocycles. The quantitative estimate of drug-likeness (QED) is 0.697. The number of benzene rings is 2. The Balaban J connectivity index is 1.45. The highest BCUT2D eigenvalue weighted by atomic mass is 19.1. The number of halogens is 1. The van der Waals surface area contributed by atoms with Gasteiger partial charge in [-0.15, -0.1) is 0 Å². The highest BCUT2D eigenvalue weighted by Crippen LogP contribution is 2.41. The predicted octanol–water partition coefficient (Wildman–Crippen LogP) is 4.31. The molecule has 1 atom stereocenters. The SMILES string of the molecule is Fc1ccc(C(NCc2nccn2Cc2ccccc2)C2CC2)cc1. The molecule has 0 spiro atoms. The summed E-state index contributed by atoms with van der Waals surface area (Å²) in [6, 6.07) is 17.5. The van der Waals surface area contributed by atoms with Gasteiger partial charge in [-0.3, -0.25) is 0 Å². The van der Waals surface area contributed by atoms with Gasteiger partial charge in [-0.1, -0.05) is 42.5 Å². The fourth-order valence-corrected chi connectivity index (χ4v) is 3.29. The highest BCUT2D eigenvalue weighted by molar-refractivity contribution is 5.22. The number of nitrogens with one attached hydrogen (secondary N) is 1. The molecule has 0 amide bonds. The van der Waals surface area contributed by atoms with Crippen molar-refractivity contribution >= 4 is 0 Å². The number of nitrogens with zero attached hydrogens (tertiary/aromatic N) is 2. The molecule has 25 heavy (non-hydrogen) atoms. The molecule has 4 rings (SSSR count). The Bertz CT molecular complexity index is 807. The van der Waals surface area contributed by atoms with Gasteiger partial charge in [-0.2, -0.15) is 0 Å². The molecule has 3 nitrogen and oxygen atoms in total. The molecule has 1 unspecified atom stereocenters. The number of imidazole rings is 1. The van der Waals surface area contributed by atoms with E-state index in [0.717, 1.165) is 17.9 Å².